The molecule has 12 heteroatoms. The van der Waals surface area contributed by atoms with Crippen LogP contribution in [0.5, 0.6) is 0 Å². The SMILES string of the molecule is CC1(C)C2CN(C(=O)C(NC(=O)C(F)(F)F)C3CCC3)CC21.N#CC(CC1CC2(CC2)NC1=O)NC=O. The molecule has 5 fully saturated rings. The van der Waals surface area contributed by atoms with Gasteiger partial charge in [-0.15, -0.1) is 0 Å². The molecule has 5 unspecified atom stereocenters. The Bertz CT molecular complexity index is 972. The summed E-state index contributed by atoms with van der Waals surface area (Å²) >= 11 is 0. The smallest absolute Gasteiger partial charge is 0.350 e. The highest BCUT2D eigenvalue weighted by Crippen LogP contribution is 2.62. The Morgan fingerprint density at radius 1 is 1.24 bits per heavy atom. The fourth-order valence-corrected chi connectivity index (χ4v) is 6.06. The molecule has 4 amide bonds. The van der Waals surface area contributed by atoms with Crippen LogP contribution in [0.2, 0.25) is 0 Å². The first-order chi connectivity index (χ1) is 17.3. The molecule has 1 spiro atoms. The number of halogens is 3. The van der Waals surface area contributed by atoms with E-state index in [2.05, 4.69) is 24.5 Å². The first-order valence-corrected chi connectivity index (χ1v) is 12.9. The lowest BCUT2D eigenvalue weighted by atomic mass is 9.79. The van der Waals surface area contributed by atoms with E-state index in [0.29, 0.717) is 50.6 Å². The Kier molecular flexibility index (Phi) is 7.20. The van der Waals surface area contributed by atoms with Crippen LogP contribution in [0.15, 0.2) is 0 Å². The standard InChI is InChI=1S/C15H21F3N2O2.C10H13N3O2/c1-14(2)9-6-20(7-10(9)14)12(21)11(8-4-3-5-8)19-13(22)15(16,17)18;11-5-8(12-6-14)3-7-4-10(1-2-10)13-9(7)15/h8-11H,3-7H2,1-2H3,(H,19,22);6-8H,1-4H2,(H,12,14)(H,13,15). The van der Waals surface area contributed by atoms with Gasteiger partial charge in [0.2, 0.25) is 18.2 Å². The number of nitrogens with one attached hydrogen (secondary N) is 3. The summed E-state index contributed by atoms with van der Waals surface area (Å²) in [4.78, 5) is 47.2. The van der Waals surface area contributed by atoms with Gasteiger partial charge in [0.15, 0.2) is 0 Å². The van der Waals surface area contributed by atoms with E-state index in [4.69, 9.17) is 5.26 Å². The van der Waals surface area contributed by atoms with E-state index in [1.54, 1.807) is 4.90 Å². The van der Waals surface area contributed by atoms with Crippen LogP contribution < -0.4 is 16.0 Å². The zero-order valence-electron chi connectivity index (χ0n) is 21.1. The molecule has 2 saturated heterocycles. The Balaban J connectivity index is 0.000000186. The summed E-state index contributed by atoms with van der Waals surface area (Å²) in [5.74, 6) is -1.73. The van der Waals surface area contributed by atoms with Gasteiger partial charge in [-0.05, 0) is 61.7 Å². The molecule has 5 atom stereocenters. The molecule has 0 aromatic rings. The first-order valence-electron chi connectivity index (χ1n) is 12.9. The minimum Gasteiger partial charge on any atom is -0.350 e. The van der Waals surface area contributed by atoms with E-state index in [0.717, 1.165) is 25.7 Å². The number of piperidine rings is 1. The van der Waals surface area contributed by atoms with Crippen molar-refractivity contribution < 1.29 is 32.3 Å². The molecule has 5 rings (SSSR count). The summed E-state index contributed by atoms with van der Waals surface area (Å²) in [6.45, 7) is 5.50. The second-order valence-corrected chi connectivity index (χ2v) is 11.8. The summed E-state index contributed by atoms with van der Waals surface area (Å²) in [6.07, 6.45) is 1.18. The second-order valence-electron chi connectivity index (χ2n) is 11.8. The molecule has 204 valence electrons. The van der Waals surface area contributed by atoms with Crippen molar-refractivity contribution in [2.75, 3.05) is 13.1 Å². The normalized spacial score (nSPS) is 29.9. The number of amides is 4. The number of likely N-dealkylation sites (tertiary alicyclic amines) is 1. The molecule has 0 radical (unpaired) electrons. The largest absolute Gasteiger partial charge is 0.471 e. The molecule has 0 aromatic carbocycles. The number of rotatable bonds is 7. The van der Waals surface area contributed by atoms with Crippen molar-refractivity contribution >= 4 is 24.1 Å². The van der Waals surface area contributed by atoms with Gasteiger partial charge in [0.05, 0.1) is 6.07 Å². The number of nitriles is 1. The number of carbonyl (C=O) groups excluding carboxylic acids is 4. The molecule has 37 heavy (non-hydrogen) atoms. The third-order valence-electron chi connectivity index (χ3n) is 9.06. The van der Waals surface area contributed by atoms with Crippen LogP contribution in [0.3, 0.4) is 0 Å². The van der Waals surface area contributed by atoms with Crippen molar-refractivity contribution in [2.24, 2.45) is 29.1 Å². The molecule has 9 nitrogen and oxygen atoms in total. The van der Waals surface area contributed by atoms with E-state index in [1.807, 2.05) is 11.4 Å². The van der Waals surface area contributed by atoms with E-state index < -0.39 is 24.2 Å². The summed E-state index contributed by atoms with van der Waals surface area (Å²) in [5.41, 5.74) is 0.279. The number of carbonyl (C=O) groups is 4. The second kappa shape index (κ2) is 9.80. The molecule has 2 aliphatic heterocycles. The number of hydrogen-bond acceptors (Lipinski definition) is 5. The Labute approximate surface area is 213 Å². The zero-order chi connectivity index (χ0) is 27.2. The maximum atomic E-state index is 12.6. The molecule has 0 bridgehead atoms. The summed E-state index contributed by atoms with van der Waals surface area (Å²) < 4.78 is 37.4. The number of fused-ring (bicyclic) bond motifs is 1. The van der Waals surface area contributed by atoms with Crippen LogP contribution in [-0.4, -0.2) is 65.9 Å². The molecule has 3 N–H and O–H groups in total. The van der Waals surface area contributed by atoms with Gasteiger partial charge < -0.3 is 20.9 Å². The summed E-state index contributed by atoms with van der Waals surface area (Å²) in [6, 6.07) is 0.402. The topological polar surface area (TPSA) is 131 Å². The van der Waals surface area contributed by atoms with Crippen LogP contribution >= 0.6 is 0 Å². The lowest BCUT2D eigenvalue weighted by Crippen LogP contribution is -2.56. The maximum Gasteiger partial charge on any atom is 0.471 e. The molecule has 0 aromatic heterocycles. The number of nitrogens with zero attached hydrogens (tertiary/aromatic N) is 2. The van der Waals surface area contributed by atoms with Gasteiger partial charge in [-0.1, -0.05) is 20.3 Å². The number of alkyl halides is 3. The first kappa shape index (κ1) is 27.2. The zero-order valence-corrected chi connectivity index (χ0v) is 21.1. The van der Waals surface area contributed by atoms with Crippen LogP contribution in [0.4, 0.5) is 13.2 Å². The highest BCUT2D eigenvalue weighted by molar-refractivity contribution is 5.90. The predicted molar refractivity (Wildman–Crippen MR) is 124 cm³/mol. The van der Waals surface area contributed by atoms with Crippen molar-refractivity contribution in [3.63, 3.8) is 0 Å². The van der Waals surface area contributed by atoms with Crippen LogP contribution in [0, 0.1) is 40.4 Å². The van der Waals surface area contributed by atoms with E-state index in [9.17, 15) is 32.3 Å². The lowest BCUT2D eigenvalue weighted by Gasteiger charge is -2.36. The molecule has 3 saturated carbocycles. The minimum atomic E-state index is -4.95. The molecule has 3 aliphatic carbocycles. The Hall–Kier alpha value is -2.84. The fraction of sp³-hybridized carbons (Fsp3) is 0.800. The molecule has 2 heterocycles. The monoisotopic (exact) mass is 525 g/mol. The Morgan fingerprint density at radius 3 is 2.30 bits per heavy atom. The third kappa shape index (κ3) is 5.70. The van der Waals surface area contributed by atoms with Gasteiger partial charge in [0, 0.05) is 24.5 Å². The van der Waals surface area contributed by atoms with E-state index >= 15 is 0 Å². The molecule has 5 aliphatic rings. The van der Waals surface area contributed by atoms with Crippen LogP contribution in [0.25, 0.3) is 0 Å². The quantitative estimate of drug-likeness (QED) is 0.435. The molecular formula is C25H34F3N5O4. The van der Waals surface area contributed by atoms with Crippen molar-refractivity contribution in [3.8, 4) is 6.07 Å². The number of hydrogen-bond donors (Lipinski definition) is 3. The third-order valence-corrected chi connectivity index (χ3v) is 9.06. The van der Waals surface area contributed by atoms with Gasteiger partial charge >= 0.3 is 12.1 Å². The highest BCUT2D eigenvalue weighted by atomic mass is 19.4. The van der Waals surface area contributed by atoms with Crippen molar-refractivity contribution in [2.45, 2.75) is 82.6 Å². The maximum absolute atomic E-state index is 12.6. The Morgan fingerprint density at radius 2 is 1.86 bits per heavy atom. The van der Waals surface area contributed by atoms with E-state index in [-0.39, 0.29) is 34.6 Å². The summed E-state index contributed by atoms with van der Waals surface area (Å²) in [7, 11) is 0. The molecular weight excluding hydrogens is 491 g/mol. The van der Waals surface area contributed by atoms with Gasteiger partial charge in [-0.2, -0.15) is 18.4 Å². The van der Waals surface area contributed by atoms with Crippen LogP contribution in [0.1, 0.15) is 58.8 Å². The summed E-state index contributed by atoms with van der Waals surface area (Å²) in [5, 5.41) is 16.0. The van der Waals surface area contributed by atoms with Crippen LogP contribution in [-0.2, 0) is 19.2 Å². The van der Waals surface area contributed by atoms with Gasteiger partial charge in [-0.25, -0.2) is 0 Å². The van der Waals surface area contributed by atoms with Gasteiger partial charge in [-0.3, -0.25) is 19.2 Å². The lowest BCUT2D eigenvalue weighted by molar-refractivity contribution is -0.176. The van der Waals surface area contributed by atoms with Crippen molar-refractivity contribution in [3.05, 3.63) is 0 Å². The van der Waals surface area contributed by atoms with E-state index in [1.165, 1.54) is 0 Å². The average molecular weight is 526 g/mol. The van der Waals surface area contributed by atoms with Gasteiger partial charge in [0.1, 0.15) is 12.1 Å². The van der Waals surface area contributed by atoms with Crippen molar-refractivity contribution in [1.29, 1.82) is 5.26 Å². The fourth-order valence-electron chi connectivity index (χ4n) is 6.06. The predicted octanol–water partition coefficient (Wildman–Crippen LogP) is 1.63. The van der Waals surface area contributed by atoms with Gasteiger partial charge in [0.25, 0.3) is 0 Å². The minimum absolute atomic E-state index is 0.0282. The highest BCUT2D eigenvalue weighted by Gasteiger charge is 2.63. The average Bonchev–Trinajstić information content (AvgIpc) is 3.47. The van der Waals surface area contributed by atoms with Crippen molar-refractivity contribution in [1.82, 2.24) is 20.9 Å².